The summed E-state index contributed by atoms with van der Waals surface area (Å²) >= 11 is 6.27. The van der Waals surface area contributed by atoms with Crippen LogP contribution in [0.4, 0.5) is 10.2 Å². The Kier molecular flexibility index (Phi) is 4.67. The van der Waals surface area contributed by atoms with Crippen molar-refractivity contribution in [3.63, 3.8) is 0 Å². The molecule has 1 aliphatic heterocycles. The first-order valence-corrected chi connectivity index (χ1v) is 6.67. The average molecular weight is 333 g/mol. The molecule has 0 saturated carbocycles. The molecule has 1 aromatic rings. The molecule has 2 heterocycles. The molecule has 22 heavy (non-hydrogen) atoms. The molecule has 4 N–H and O–H groups in total. The van der Waals surface area contributed by atoms with E-state index >= 15 is 0 Å². The number of nitrogen functional groups attached to an aromatic ring is 1. The second kappa shape index (κ2) is 6.18. The Bertz CT molecular complexity index is 673. The van der Waals surface area contributed by atoms with E-state index in [9.17, 15) is 19.4 Å². The number of alkyl halides is 2. The molecule has 0 amide bonds. The SMILES string of the molecule is C[C@@H](O)[C@H]1O[C@@H](n2ncc(N)nc2=O)C(Cl)(C#CCF)[C@H]1O. The van der Waals surface area contributed by atoms with Crippen molar-refractivity contribution in [2.24, 2.45) is 0 Å². The summed E-state index contributed by atoms with van der Waals surface area (Å²) < 4.78 is 18.5. The number of hydrogen-bond donors (Lipinski definition) is 3. The molecule has 1 fully saturated rings. The highest BCUT2D eigenvalue weighted by molar-refractivity contribution is 6.27. The summed E-state index contributed by atoms with van der Waals surface area (Å²) in [5.41, 5.74) is 4.47. The van der Waals surface area contributed by atoms with Gasteiger partial charge in [0, 0.05) is 0 Å². The molecule has 1 aromatic heterocycles. The third-order valence-electron chi connectivity index (χ3n) is 3.17. The van der Waals surface area contributed by atoms with E-state index in [1.807, 2.05) is 0 Å². The average Bonchev–Trinajstić information content (AvgIpc) is 2.70. The van der Waals surface area contributed by atoms with Gasteiger partial charge in [0.15, 0.2) is 11.1 Å². The number of aromatic nitrogens is 3. The maximum absolute atomic E-state index is 12.3. The van der Waals surface area contributed by atoms with E-state index in [0.717, 1.165) is 10.9 Å². The zero-order chi connectivity index (χ0) is 16.5. The Morgan fingerprint density at radius 3 is 2.95 bits per heavy atom. The van der Waals surface area contributed by atoms with Crippen molar-refractivity contribution in [2.75, 3.05) is 12.4 Å². The van der Waals surface area contributed by atoms with Crippen molar-refractivity contribution in [1.29, 1.82) is 0 Å². The van der Waals surface area contributed by atoms with Gasteiger partial charge in [-0.25, -0.2) is 9.18 Å². The topological polar surface area (TPSA) is 123 Å². The maximum atomic E-state index is 12.3. The van der Waals surface area contributed by atoms with Crippen molar-refractivity contribution in [3.05, 3.63) is 16.7 Å². The number of ether oxygens (including phenoxy) is 1. The molecule has 0 spiro atoms. The van der Waals surface area contributed by atoms with Crippen LogP contribution in [0.5, 0.6) is 0 Å². The molecule has 1 saturated heterocycles. The second-order valence-electron chi connectivity index (χ2n) is 4.75. The zero-order valence-electron chi connectivity index (χ0n) is 11.5. The molecule has 1 unspecified atom stereocenters. The molecule has 0 radical (unpaired) electrons. The quantitative estimate of drug-likeness (QED) is 0.459. The van der Waals surface area contributed by atoms with Gasteiger partial charge in [0.05, 0.1) is 12.3 Å². The summed E-state index contributed by atoms with van der Waals surface area (Å²) in [7, 11) is 0. The van der Waals surface area contributed by atoms with Crippen LogP contribution < -0.4 is 11.4 Å². The molecule has 5 atom stereocenters. The third kappa shape index (κ3) is 2.78. The van der Waals surface area contributed by atoms with Crippen molar-refractivity contribution in [1.82, 2.24) is 14.8 Å². The lowest BCUT2D eigenvalue weighted by molar-refractivity contribution is -0.0809. The number of rotatable bonds is 2. The van der Waals surface area contributed by atoms with Crippen LogP contribution in [0.2, 0.25) is 0 Å². The first-order valence-electron chi connectivity index (χ1n) is 6.29. The van der Waals surface area contributed by atoms with Gasteiger partial charge in [-0.2, -0.15) is 14.8 Å². The number of halogens is 2. The summed E-state index contributed by atoms with van der Waals surface area (Å²) in [6, 6.07) is 0. The minimum absolute atomic E-state index is 0.109. The summed E-state index contributed by atoms with van der Waals surface area (Å²) in [5.74, 6) is 4.31. The molecule has 0 aliphatic carbocycles. The van der Waals surface area contributed by atoms with Crippen molar-refractivity contribution < 1.29 is 19.3 Å². The number of anilines is 1. The highest BCUT2D eigenvalue weighted by Gasteiger charge is 2.57. The van der Waals surface area contributed by atoms with E-state index in [2.05, 4.69) is 21.9 Å². The van der Waals surface area contributed by atoms with Crippen LogP contribution in [0.15, 0.2) is 11.0 Å². The Labute approximate surface area is 129 Å². The molecule has 10 heteroatoms. The van der Waals surface area contributed by atoms with Gasteiger partial charge < -0.3 is 20.7 Å². The Morgan fingerprint density at radius 1 is 1.73 bits per heavy atom. The maximum Gasteiger partial charge on any atom is 0.368 e. The standard InChI is InChI=1S/C12H14ClFN4O4/c1-6(19)8-9(20)12(13,3-2-4-14)10(22-8)18-11(21)17-7(15)5-16-18/h5-6,8-10,19-20H,4H2,1H3,(H2,15,17,21)/t6-,8-,9+,10-,12?/m1/s1. The normalized spacial score (nSPS) is 32.3. The Hall–Kier alpha value is -1.73. The predicted octanol–water partition coefficient (Wildman–Crippen LogP) is -1.19. The van der Waals surface area contributed by atoms with Gasteiger partial charge in [0.2, 0.25) is 0 Å². The van der Waals surface area contributed by atoms with Gasteiger partial charge in [-0.05, 0) is 6.92 Å². The largest absolute Gasteiger partial charge is 0.391 e. The molecule has 120 valence electrons. The van der Waals surface area contributed by atoms with Gasteiger partial charge in [0.1, 0.15) is 24.7 Å². The molecular weight excluding hydrogens is 319 g/mol. The first kappa shape index (κ1) is 16.6. The monoisotopic (exact) mass is 332 g/mol. The Morgan fingerprint density at radius 2 is 2.41 bits per heavy atom. The highest BCUT2D eigenvalue weighted by Crippen LogP contribution is 2.43. The zero-order valence-corrected chi connectivity index (χ0v) is 12.2. The van der Waals surface area contributed by atoms with Crippen LogP contribution in [-0.4, -0.2) is 54.8 Å². The summed E-state index contributed by atoms with van der Waals surface area (Å²) in [4.78, 5) is 13.5. The van der Waals surface area contributed by atoms with Crippen LogP contribution in [0.1, 0.15) is 13.2 Å². The van der Waals surface area contributed by atoms with Crippen molar-refractivity contribution >= 4 is 17.4 Å². The van der Waals surface area contributed by atoms with E-state index in [-0.39, 0.29) is 5.82 Å². The van der Waals surface area contributed by atoms with Crippen LogP contribution >= 0.6 is 11.6 Å². The van der Waals surface area contributed by atoms with E-state index in [1.54, 1.807) is 0 Å². The minimum atomic E-state index is -1.87. The fourth-order valence-corrected chi connectivity index (χ4v) is 2.48. The predicted molar refractivity (Wildman–Crippen MR) is 74.6 cm³/mol. The number of aliphatic hydroxyl groups excluding tert-OH is 2. The number of aliphatic hydroxyl groups is 2. The summed E-state index contributed by atoms with van der Waals surface area (Å²) in [6.07, 6.45) is -4.01. The van der Waals surface area contributed by atoms with Gasteiger partial charge in [-0.3, -0.25) is 0 Å². The third-order valence-corrected chi connectivity index (χ3v) is 3.67. The fraction of sp³-hybridized carbons (Fsp3) is 0.583. The van der Waals surface area contributed by atoms with Crippen LogP contribution in [-0.2, 0) is 4.74 Å². The van der Waals surface area contributed by atoms with Crippen LogP contribution in [0, 0.1) is 11.8 Å². The second-order valence-corrected chi connectivity index (χ2v) is 5.38. The van der Waals surface area contributed by atoms with Gasteiger partial charge >= 0.3 is 5.69 Å². The highest BCUT2D eigenvalue weighted by atomic mass is 35.5. The fourth-order valence-electron chi connectivity index (χ4n) is 2.15. The lowest BCUT2D eigenvalue weighted by Gasteiger charge is -2.24. The lowest BCUT2D eigenvalue weighted by atomic mass is 9.97. The lowest BCUT2D eigenvalue weighted by Crippen LogP contribution is -2.45. The van der Waals surface area contributed by atoms with Crippen LogP contribution in [0.25, 0.3) is 0 Å². The van der Waals surface area contributed by atoms with Gasteiger partial charge in [-0.15, -0.1) is 0 Å². The molecular formula is C12H14ClFN4O4. The van der Waals surface area contributed by atoms with E-state index in [1.165, 1.54) is 6.92 Å². The van der Waals surface area contributed by atoms with E-state index < -0.39 is 41.8 Å². The van der Waals surface area contributed by atoms with Crippen molar-refractivity contribution in [3.8, 4) is 11.8 Å². The number of nitrogens with two attached hydrogens (primary N) is 1. The van der Waals surface area contributed by atoms with Gasteiger partial charge in [0.25, 0.3) is 0 Å². The smallest absolute Gasteiger partial charge is 0.368 e. The van der Waals surface area contributed by atoms with E-state index in [4.69, 9.17) is 22.1 Å². The molecule has 8 nitrogen and oxygen atoms in total. The van der Waals surface area contributed by atoms with Crippen molar-refractivity contribution in [2.45, 2.75) is 36.3 Å². The molecule has 1 aliphatic rings. The summed E-state index contributed by atoms with van der Waals surface area (Å²) in [5, 5.41) is 23.6. The summed E-state index contributed by atoms with van der Waals surface area (Å²) in [6.45, 7) is 0.364. The number of hydrogen-bond acceptors (Lipinski definition) is 7. The molecule has 2 rings (SSSR count). The molecule has 0 bridgehead atoms. The first-order chi connectivity index (χ1) is 10.3. The minimum Gasteiger partial charge on any atom is -0.391 e. The Balaban J connectivity index is 2.53. The van der Waals surface area contributed by atoms with Crippen LogP contribution in [0.3, 0.4) is 0 Å². The molecule has 0 aromatic carbocycles. The number of nitrogens with zero attached hydrogens (tertiary/aromatic N) is 3. The van der Waals surface area contributed by atoms with Gasteiger partial charge in [-0.1, -0.05) is 23.4 Å². The van der Waals surface area contributed by atoms with E-state index in [0.29, 0.717) is 0 Å².